The zero-order chi connectivity index (χ0) is 8.10. The fourth-order valence-corrected chi connectivity index (χ4v) is 0.727. The molecule has 0 radical (unpaired) electrons. The maximum absolute atomic E-state index is 8.10. The molecule has 1 aromatic carbocycles. The molecule has 0 unspecified atom stereocenters. The molecule has 0 aliphatic carbocycles. The molecule has 0 bridgehead atoms. The summed E-state index contributed by atoms with van der Waals surface area (Å²) in [6.45, 7) is 0. The van der Waals surface area contributed by atoms with E-state index in [2.05, 4.69) is 4.98 Å². The summed E-state index contributed by atoms with van der Waals surface area (Å²) >= 11 is 0. The molecule has 3 nitrogen and oxygen atoms in total. The van der Waals surface area contributed by atoms with Crippen LogP contribution in [0, 0.1) is 5.39 Å². The first-order valence-electron chi connectivity index (χ1n) is 3.19. The van der Waals surface area contributed by atoms with Crippen molar-refractivity contribution in [2.45, 2.75) is 0 Å². The second-order valence-electron chi connectivity index (χ2n) is 2.10. The van der Waals surface area contributed by atoms with Gasteiger partial charge in [-0.15, -0.1) is 0 Å². The second kappa shape index (κ2) is 3.37. The summed E-state index contributed by atoms with van der Waals surface area (Å²) in [5, 5.41) is 8.10. The predicted octanol–water partition coefficient (Wildman–Crippen LogP) is 2.09. The second-order valence-corrected chi connectivity index (χ2v) is 2.10. The lowest BCUT2D eigenvalue weighted by Gasteiger charge is -1.90. The van der Waals surface area contributed by atoms with Gasteiger partial charge in [-0.2, -0.15) is 0 Å². The van der Waals surface area contributed by atoms with E-state index in [1.807, 2.05) is 12.1 Å². The van der Waals surface area contributed by atoms with Gasteiger partial charge in [-0.05, 0) is 17.7 Å². The van der Waals surface area contributed by atoms with E-state index in [0.717, 1.165) is 11.3 Å². The number of anilines is 1. The Balaban J connectivity index is 2.84. The summed E-state index contributed by atoms with van der Waals surface area (Å²) in [6, 6.07) is 7.27. The third-order valence-corrected chi connectivity index (χ3v) is 1.27. The highest BCUT2D eigenvalue weighted by atomic mass is 14.8. The van der Waals surface area contributed by atoms with Crippen molar-refractivity contribution in [3.05, 3.63) is 41.0 Å². The minimum atomic E-state index is 0.725. The van der Waals surface area contributed by atoms with E-state index >= 15 is 0 Å². The molecule has 0 fully saturated rings. The lowest BCUT2D eigenvalue weighted by Crippen LogP contribution is -1.82. The summed E-state index contributed by atoms with van der Waals surface area (Å²) in [6.07, 6.45) is 2.99. The molecule has 0 aliphatic rings. The number of rotatable bonds is 1. The summed E-state index contributed by atoms with van der Waals surface area (Å²) in [5.74, 6) is 0. The van der Waals surface area contributed by atoms with E-state index in [9.17, 15) is 0 Å². The van der Waals surface area contributed by atoms with Gasteiger partial charge in [-0.3, -0.25) is 0 Å². The smallest absolute Gasteiger partial charge is 0.351 e. The monoisotopic (exact) mass is 146 g/mol. The molecule has 0 heterocycles. The highest BCUT2D eigenvalue weighted by Gasteiger charge is 1.88. The quantitative estimate of drug-likeness (QED) is 0.487. The number of hydrogen-bond donors (Lipinski definition) is 1. The Hall–Kier alpha value is -1.82. The van der Waals surface area contributed by atoms with Gasteiger partial charge in [0.1, 0.15) is 0 Å². The van der Waals surface area contributed by atoms with Crippen molar-refractivity contribution >= 4 is 11.8 Å². The zero-order valence-electron chi connectivity index (χ0n) is 5.94. The van der Waals surface area contributed by atoms with Gasteiger partial charge in [-0.25, -0.2) is 0 Å². The molecule has 3 heteroatoms. The molecule has 0 saturated carbocycles. The Morgan fingerprint density at radius 1 is 1.27 bits per heavy atom. The van der Waals surface area contributed by atoms with Crippen molar-refractivity contribution in [3.63, 3.8) is 0 Å². The molecule has 0 aromatic heterocycles. The lowest BCUT2D eigenvalue weighted by molar-refractivity contribution is 1.47. The molecule has 1 rings (SSSR count). The van der Waals surface area contributed by atoms with Crippen LogP contribution in [0.2, 0.25) is 0 Å². The van der Waals surface area contributed by atoms with Gasteiger partial charge < -0.3 is 5.73 Å². The number of benzene rings is 1. The van der Waals surface area contributed by atoms with Crippen molar-refractivity contribution < 1.29 is 0 Å². The summed E-state index contributed by atoms with van der Waals surface area (Å²) in [7, 11) is 0. The first kappa shape index (κ1) is 7.29. The first-order chi connectivity index (χ1) is 5.33. The van der Waals surface area contributed by atoms with Gasteiger partial charge in [-0.1, -0.05) is 12.1 Å². The molecule has 0 amide bonds. The van der Waals surface area contributed by atoms with Crippen LogP contribution in [0.3, 0.4) is 0 Å². The molecule has 11 heavy (non-hydrogen) atoms. The fourth-order valence-electron chi connectivity index (χ4n) is 0.727. The lowest BCUT2D eigenvalue weighted by atomic mass is 10.2. The van der Waals surface area contributed by atoms with Crippen LogP contribution in [0.15, 0.2) is 30.5 Å². The van der Waals surface area contributed by atoms with Crippen molar-refractivity contribution in [1.82, 2.24) is 0 Å². The minimum Gasteiger partial charge on any atom is -0.399 e. The van der Waals surface area contributed by atoms with Crippen LogP contribution in [0.4, 0.5) is 5.69 Å². The molecule has 0 spiro atoms. The van der Waals surface area contributed by atoms with Crippen LogP contribution < -0.4 is 5.73 Å². The number of nitrogens with zero attached hydrogens (tertiary/aromatic N) is 2. The maximum atomic E-state index is 8.10. The van der Waals surface area contributed by atoms with E-state index in [0.29, 0.717) is 0 Å². The number of hydrogen-bond acceptors (Lipinski definition) is 2. The highest BCUT2D eigenvalue weighted by molar-refractivity contribution is 5.53. The normalized spacial score (nSPS) is 9.73. The Morgan fingerprint density at radius 3 is 2.45 bits per heavy atom. The largest absolute Gasteiger partial charge is 0.399 e. The maximum Gasteiger partial charge on any atom is 0.351 e. The molecule has 2 N–H and O–H groups in total. The first-order valence-corrected chi connectivity index (χ1v) is 3.19. The molecule has 0 aliphatic heterocycles. The third-order valence-electron chi connectivity index (χ3n) is 1.27. The molecular weight excluding hydrogens is 138 g/mol. The standard InChI is InChI=1S/C8H8N3/c9-8-3-1-7(2-4-8)5-6-11-10/h1-6H,9H2/q+1. The summed E-state index contributed by atoms with van der Waals surface area (Å²) in [4.78, 5) is 2.84. The van der Waals surface area contributed by atoms with Crippen LogP contribution in [-0.4, -0.2) is 0 Å². The number of nitrogen functional groups attached to an aromatic ring is 1. The van der Waals surface area contributed by atoms with Gasteiger partial charge >= 0.3 is 6.20 Å². The Labute approximate surface area is 64.8 Å². The predicted molar refractivity (Wildman–Crippen MR) is 45.0 cm³/mol. The third kappa shape index (κ3) is 2.11. The van der Waals surface area contributed by atoms with Crippen molar-refractivity contribution in [2.24, 2.45) is 0 Å². The van der Waals surface area contributed by atoms with Gasteiger partial charge in [0.25, 0.3) is 0 Å². The Morgan fingerprint density at radius 2 is 1.91 bits per heavy atom. The highest BCUT2D eigenvalue weighted by Crippen LogP contribution is 2.06. The van der Waals surface area contributed by atoms with E-state index < -0.39 is 0 Å². The molecule has 1 aromatic rings. The molecule has 54 valence electrons. The van der Waals surface area contributed by atoms with Crippen LogP contribution >= 0.6 is 0 Å². The molecular formula is C8H8N3+. The van der Waals surface area contributed by atoms with Crippen molar-refractivity contribution in [2.75, 3.05) is 5.73 Å². The van der Waals surface area contributed by atoms with Crippen LogP contribution in [-0.2, 0) is 0 Å². The van der Waals surface area contributed by atoms with Gasteiger partial charge in [0, 0.05) is 11.8 Å². The average molecular weight is 146 g/mol. The average Bonchev–Trinajstić information content (AvgIpc) is 2.04. The minimum absolute atomic E-state index is 0.725. The summed E-state index contributed by atoms with van der Waals surface area (Å²) in [5.41, 5.74) is 7.14. The molecule has 0 atom stereocenters. The fraction of sp³-hybridized carbons (Fsp3) is 0. The van der Waals surface area contributed by atoms with Crippen molar-refractivity contribution in [1.29, 1.82) is 5.39 Å². The van der Waals surface area contributed by atoms with Crippen LogP contribution in [0.25, 0.3) is 11.1 Å². The van der Waals surface area contributed by atoms with E-state index in [-0.39, 0.29) is 0 Å². The number of nitrogens with two attached hydrogens (primary N) is 1. The van der Waals surface area contributed by atoms with Crippen molar-refractivity contribution in [3.8, 4) is 0 Å². The summed E-state index contributed by atoms with van der Waals surface area (Å²) < 4.78 is 0. The Kier molecular flexibility index (Phi) is 2.24. The van der Waals surface area contributed by atoms with Gasteiger partial charge in [0.05, 0.1) is 0 Å². The zero-order valence-corrected chi connectivity index (χ0v) is 5.94. The number of diazo groups is 1. The Bertz CT molecular complexity index is 292. The van der Waals surface area contributed by atoms with E-state index in [4.69, 9.17) is 11.1 Å². The van der Waals surface area contributed by atoms with Crippen LogP contribution in [0.1, 0.15) is 5.56 Å². The molecule has 0 saturated heterocycles. The van der Waals surface area contributed by atoms with E-state index in [1.54, 1.807) is 18.2 Å². The topological polar surface area (TPSA) is 54.2 Å². The van der Waals surface area contributed by atoms with Gasteiger partial charge in [0.15, 0.2) is 4.98 Å². The SMILES string of the molecule is N#[N+]C=Cc1ccc(N)cc1. The van der Waals surface area contributed by atoms with Crippen LogP contribution in [0.5, 0.6) is 0 Å². The van der Waals surface area contributed by atoms with E-state index in [1.165, 1.54) is 6.20 Å². The van der Waals surface area contributed by atoms with Gasteiger partial charge in [0.2, 0.25) is 5.39 Å².